The number of benzene rings is 1. The van der Waals surface area contributed by atoms with E-state index in [0.717, 1.165) is 7.11 Å². The molecule has 0 bridgehead atoms. The maximum atomic E-state index is 13.9. The van der Waals surface area contributed by atoms with Crippen LogP contribution in [0.5, 0.6) is 5.75 Å². The van der Waals surface area contributed by atoms with Crippen molar-refractivity contribution < 1.29 is 80.9 Å². The Bertz CT molecular complexity index is 868. The average molecular weight is 440 g/mol. The number of aliphatic hydroxyl groups excluding tert-OH is 1. The number of methoxy groups -OCH3 is 1. The van der Waals surface area contributed by atoms with Crippen molar-refractivity contribution in [3.8, 4) is 5.75 Å². The number of halogens is 4. The van der Waals surface area contributed by atoms with E-state index >= 15 is 0 Å². The van der Waals surface area contributed by atoms with Crippen molar-refractivity contribution in [1.29, 1.82) is 0 Å². The monoisotopic (exact) mass is 440 g/mol. The Kier molecular flexibility index (Phi) is 7.57. The van der Waals surface area contributed by atoms with Crippen molar-refractivity contribution in [3.05, 3.63) is 28.8 Å². The number of hydrogen-bond acceptors (Lipinski definition) is 6. The Balaban J connectivity index is 0.00000392. The molecule has 0 aliphatic heterocycles. The summed E-state index contributed by atoms with van der Waals surface area (Å²) in [5.74, 6) is -12.2. The summed E-state index contributed by atoms with van der Waals surface area (Å²) >= 11 is 0. The van der Waals surface area contributed by atoms with Crippen LogP contribution in [-0.2, 0) is 26.3 Å². The number of ether oxygens (including phenoxy) is 2. The van der Waals surface area contributed by atoms with Crippen LogP contribution in [0.3, 0.4) is 0 Å². The quantitative estimate of drug-likeness (QED) is 0.190. The SMILES string of the molecule is COc1c(F)c(F)c(COC(=O)C2C(C(O)S(=O)(=O)O)C2(C)C)c(F)c1F.[H-].[Na+]. The van der Waals surface area contributed by atoms with E-state index in [4.69, 9.17) is 4.55 Å². The van der Waals surface area contributed by atoms with Gasteiger partial charge in [0.15, 0.2) is 22.8 Å². The zero-order valence-electron chi connectivity index (χ0n) is 16.3. The van der Waals surface area contributed by atoms with E-state index in [9.17, 15) is 35.9 Å². The molecule has 0 saturated heterocycles. The average Bonchev–Trinajstić information content (AvgIpc) is 3.13. The molecule has 1 fully saturated rings. The van der Waals surface area contributed by atoms with Crippen LogP contribution in [0.2, 0.25) is 0 Å². The van der Waals surface area contributed by atoms with Crippen LogP contribution in [0.25, 0.3) is 0 Å². The Labute approximate surface area is 181 Å². The van der Waals surface area contributed by atoms with Crippen molar-refractivity contribution in [2.75, 3.05) is 7.11 Å². The van der Waals surface area contributed by atoms with Crippen molar-refractivity contribution in [2.24, 2.45) is 17.3 Å². The van der Waals surface area contributed by atoms with Gasteiger partial charge in [0.1, 0.15) is 6.61 Å². The molecule has 2 N–H and O–H groups in total. The van der Waals surface area contributed by atoms with Gasteiger partial charge in [-0.05, 0) is 5.41 Å². The molecule has 0 amide bonds. The summed E-state index contributed by atoms with van der Waals surface area (Å²) < 4.78 is 94.8. The minimum absolute atomic E-state index is 0. The first-order valence-corrected chi connectivity index (χ1v) is 8.96. The maximum absolute atomic E-state index is 13.9. The summed E-state index contributed by atoms with van der Waals surface area (Å²) in [5.41, 5.74) is -4.58. The smallest absolute Gasteiger partial charge is 1.00 e. The summed E-state index contributed by atoms with van der Waals surface area (Å²) in [4.78, 5) is 12.1. The molecule has 0 heterocycles. The van der Waals surface area contributed by atoms with E-state index in [2.05, 4.69) is 9.47 Å². The third kappa shape index (κ3) is 4.31. The first-order chi connectivity index (χ1) is 12.3. The summed E-state index contributed by atoms with van der Waals surface area (Å²) in [6, 6.07) is 0. The number of carbonyl (C=O) groups is 1. The van der Waals surface area contributed by atoms with Crippen LogP contribution >= 0.6 is 0 Å². The van der Waals surface area contributed by atoms with Gasteiger partial charge in [-0.15, -0.1) is 0 Å². The topological polar surface area (TPSA) is 110 Å². The second-order valence-corrected chi connectivity index (χ2v) is 8.12. The number of esters is 1. The van der Waals surface area contributed by atoms with Crippen molar-refractivity contribution in [2.45, 2.75) is 25.9 Å². The molecular weight excluding hydrogens is 423 g/mol. The summed E-state index contributed by atoms with van der Waals surface area (Å²) in [6.45, 7) is 1.60. The van der Waals surface area contributed by atoms with E-state index in [1.165, 1.54) is 13.8 Å². The van der Waals surface area contributed by atoms with E-state index in [-0.39, 0.29) is 31.0 Å². The molecule has 1 aliphatic carbocycles. The molecule has 3 unspecified atom stereocenters. The number of aliphatic hydroxyl groups is 1. The molecule has 13 heteroatoms. The fraction of sp³-hybridized carbons (Fsp3) is 0.533. The minimum atomic E-state index is -4.86. The van der Waals surface area contributed by atoms with Crippen LogP contribution in [0, 0.1) is 40.5 Å². The largest absolute Gasteiger partial charge is 1.00 e. The standard InChI is InChI=1S/C15H16F4O7S.Na.H/c1-15(2)6(7(15)14(21)27(22,23)24)13(20)26-4-5-8(16)10(18)12(25-3)11(19)9(5)17;;/h6-7,14,21H,4H2,1-3H3,(H,22,23,24);;/q;+1;-1. The van der Waals surface area contributed by atoms with Gasteiger partial charge in [-0.3, -0.25) is 9.35 Å². The Morgan fingerprint density at radius 2 is 1.64 bits per heavy atom. The fourth-order valence-electron chi connectivity index (χ4n) is 3.04. The molecule has 1 saturated carbocycles. The van der Waals surface area contributed by atoms with Crippen LogP contribution in [0.1, 0.15) is 20.8 Å². The summed E-state index contributed by atoms with van der Waals surface area (Å²) in [6.07, 6.45) is 0. The first kappa shape index (κ1) is 25.1. The fourth-order valence-corrected chi connectivity index (χ4v) is 3.92. The van der Waals surface area contributed by atoms with Crippen LogP contribution in [-0.4, -0.2) is 36.6 Å². The summed E-state index contributed by atoms with van der Waals surface area (Å²) in [5, 5.41) is 9.61. The predicted molar refractivity (Wildman–Crippen MR) is 82.1 cm³/mol. The van der Waals surface area contributed by atoms with Gasteiger partial charge >= 0.3 is 35.5 Å². The predicted octanol–water partition coefficient (Wildman–Crippen LogP) is -1.11. The molecule has 1 aromatic rings. The van der Waals surface area contributed by atoms with Gasteiger partial charge in [-0.25, -0.2) is 8.78 Å². The molecule has 0 aromatic heterocycles. The van der Waals surface area contributed by atoms with Gasteiger partial charge < -0.3 is 16.0 Å². The Morgan fingerprint density at radius 1 is 1.18 bits per heavy atom. The molecule has 0 spiro atoms. The van der Waals surface area contributed by atoms with E-state index < -0.39 is 80.0 Å². The number of carbonyl (C=O) groups excluding carboxylic acids is 1. The molecule has 1 aliphatic rings. The Morgan fingerprint density at radius 3 is 2.04 bits per heavy atom. The molecule has 28 heavy (non-hydrogen) atoms. The van der Waals surface area contributed by atoms with Crippen molar-refractivity contribution >= 4 is 16.1 Å². The zero-order chi connectivity index (χ0) is 20.9. The molecule has 0 radical (unpaired) electrons. The first-order valence-electron chi connectivity index (χ1n) is 7.46. The van der Waals surface area contributed by atoms with E-state index in [0.29, 0.717) is 0 Å². The van der Waals surface area contributed by atoms with Gasteiger partial charge in [0.25, 0.3) is 10.1 Å². The van der Waals surface area contributed by atoms with Crippen LogP contribution in [0.4, 0.5) is 17.6 Å². The Hall–Kier alpha value is -0.920. The minimum Gasteiger partial charge on any atom is -1.00 e. The van der Waals surface area contributed by atoms with E-state index in [1.807, 2.05) is 0 Å². The van der Waals surface area contributed by atoms with Crippen molar-refractivity contribution in [1.82, 2.24) is 0 Å². The third-order valence-corrected chi connectivity index (χ3v) is 5.56. The van der Waals surface area contributed by atoms with Gasteiger partial charge in [0.2, 0.25) is 11.6 Å². The zero-order valence-corrected chi connectivity index (χ0v) is 18.1. The van der Waals surface area contributed by atoms with E-state index in [1.54, 1.807) is 0 Å². The molecule has 1 aromatic carbocycles. The van der Waals surface area contributed by atoms with Crippen LogP contribution < -0.4 is 34.3 Å². The molecule has 7 nitrogen and oxygen atoms in total. The van der Waals surface area contributed by atoms with Gasteiger partial charge in [-0.1, -0.05) is 13.8 Å². The van der Waals surface area contributed by atoms with Crippen molar-refractivity contribution in [3.63, 3.8) is 0 Å². The second-order valence-electron chi connectivity index (χ2n) is 6.61. The summed E-state index contributed by atoms with van der Waals surface area (Å²) in [7, 11) is -4.06. The number of rotatable bonds is 6. The third-order valence-electron chi connectivity index (χ3n) is 4.65. The van der Waals surface area contributed by atoms with Gasteiger partial charge in [-0.2, -0.15) is 17.2 Å². The van der Waals surface area contributed by atoms with Gasteiger partial charge in [0, 0.05) is 5.92 Å². The molecule has 154 valence electrons. The normalized spacial score (nSPS) is 21.5. The van der Waals surface area contributed by atoms with Gasteiger partial charge in [0.05, 0.1) is 18.6 Å². The second kappa shape index (κ2) is 8.44. The molecular formula is C15H17F4NaO7S. The molecule has 2 rings (SSSR count). The molecule has 3 atom stereocenters. The number of hydrogen-bond donors (Lipinski definition) is 2. The maximum Gasteiger partial charge on any atom is 1.00 e. The van der Waals surface area contributed by atoms with Crippen LogP contribution in [0.15, 0.2) is 0 Å².